The van der Waals surface area contributed by atoms with Crippen LogP contribution in [0, 0.1) is 13.8 Å². The van der Waals surface area contributed by atoms with Crippen LogP contribution in [0.25, 0.3) is 11.3 Å². The number of carbonyl (C=O) groups is 1. The molecule has 2 heterocycles. The highest BCUT2D eigenvalue weighted by Crippen LogP contribution is 2.25. The zero-order chi connectivity index (χ0) is 17.8. The first-order chi connectivity index (χ1) is 12.1. The van der Waals surface area contributed by atoms with Gasteiger partial charge in [-0.25, -0.2) is 0 Å². The zero-order valence-corrected chi connectivity index (χ0v) is 14.6. The Bertz CT molecular complexity index is 872. The number of hydrogen-bond donors (Lipinski definition) is 1. The Morgan fingerprint density at radius 3 is 2.64 bits per heavy atom. The molecule has 2 aromatic heterocycles. The summed E-state index contributed by atoms with van der Waals surface area (Å²) in [6, 6.07) is 13.4. The molecule has 5 nitrogen and oxygen atoms in total. The van der Waals surface area contributed by atoms with Crippen molar-refractivity contribution in [2.45, 2.75) is 33.2 Å². The number of hydrogen-bond acceptors (Lipinski definition) is 4. The molecule has 128 valence electrons. The van der Waals surface area contributed by atoms with Gasteiger partial charge in [0.2, 0.25) is 0 Å². The van der Waals surface area contributed by atoms with Gasteiger partial charge in [0.15, 0.2) is 0 Å². The van der Waals surface area contributed by atoms with E-state index in [1.165, 1.54) is 0 Å². The molecule has 1 amide bonds. The fraction of sp³-hybridized carbons (Fsp3) is 0.250. The van der Waals surface area contributed by atoms with E-state index in [1.54, 1.807) is 13.1 Å². The van der Waals surface area contributed by atoms with Gasteiger partial charge in [-0.1, -0.05) is 41.6 Å². The van der Waals surface area contributed by atoms with Crippen molar-refractivity contribution in [3.05, 3.63) is 71.2 Å². The molecule has 0 spiro atoms. The maximum Gasteiger partial charge on any atom is 0.257 e. The van der Waals surface area contributed by atoms with E-state index in [-0.39, 0.29) is 11.9 Å². The van der Waals surface area contributed by atoms with Gasteiger partial charge in [0.1, 0.15) is 17.0 Å². The van der Waals surface area contributed by atoms with Crippen molar-refractivity contribution in [3.63, 3.8) is 0 Å². The van der Waals surface area contributed by atoms with E-state index < -0.39 is 0 Å². The van der Waals surface area contributed by atoms with Crippen molar-refractivity contribution in [2.75, 3.05) is 0 Å². The van der Waals surface area contributed by atoms with E-state index in [0.717, 1.165) is 16.8 Å². The molecule has 1 N–H and O–H groups in total. The minimum absolute atomic E-state index is 0.0565. The van der Waals surface area contributed by atoms with Gasteiger partial charge in [0.05, 0.1) is 0 Å². The van der Waals surface area contributed by atoms with Gasteiger partial charge in [-0.2, -0.15) is 0 Å². The van der Waals surface area contributed by atoms with Crippen molar-refractivity contribution in [2.24, 2.45) is 0 Å². The van der Waals surface area contributed by atoms with Crippen molar-refractivity contribution >= 4 is 5.91 Å². The lowest BCUT2D eigenvalue weighted by molar-refractivity contribution is 0.0939. The van der Waals surface area contributed by atoms with Gasteiger partial charge < -0.3 is 9.84 Å². The molecule has 3 rings (SSSR count). The quantitative estimate of drug-likeness (QED) is 0.772. The molecule has 0 aliphatic rings. The van der Waals surface area contributed by atoms with Crippen molar-refractivity contribution in [1.29, 1.82) is 0 Å². The smallest absolute Gasteiger partial charge is 0.257 e. The van der Waals surface area contributed by atoms with Crippen LogP contribution in [0.3, 0.4) is 0 Å². The Balaban J connectivity index is 1.78. The van der Waals surface area contributed by atoms with E-state index in [9.17, 15) is 4.79 Å². The van der Waals surface area contributed by atoms with Gasteiger partial charge in [-0.05, 0) is 32.4 Å². The minimum Gasteiger partial charge on any atom is -0.360 e. The number of rotatable bonds is 5. The Kier molecular flexibility index (Phi) is 4.93. The number of pyridine rings is 1. The zero-order valence-electron chi connectivity index (χ0n) is 14.6. The first kappa shape index (κ1) is 16.9. The van der Waals surface area contributed by atoms with Crippen LogP contribution >= 0.6 is 0 Å². The number of aryl methyl sites for hydroxylation is 2. The molecule has 1 aromatic carbocycles. The second kappa shape index (κ2) is 7.30. The maximum absolute atomic E-state index is 12.8. The molecular weight excluding hydrogens is 314 g/mol. The monoisotopic (exact) mass is 335 g/mol. The van der Waals surface area contributed by atoms with E-state index >= 15 is 0 Å². The molecule has 3 aromatic rings. The summed E-state index contributed by atoms with van der Waals surface area (Å²) in [5.41, 5.74) is 4.01. The van der Waals surface area contributed by atoms with Crippen LogP contribution in [0.2, 0.25) is 0 Å². The van der Waals surface area contributed by atoms with Gasteiger partial charge >= 0.3 is 0 Å². The summed E-state index contributed by atoms with van der Waals surface area (Å²) < 4.78 is 5.27. The third kappa shape index (κ3) is 3.76. The second-order valence-electron chi connectivity index (χ2n) is 6.17. The number of nitrogens with one attached hydrogen (secondary N) is 1. The average molecular weight is 335 g/mol. The SMILES string of the molecule is Cc1cccnc1C[C@H](C)NC(=O)c1c(-c2ccccc2)noc1C. The summed E-state index contributed by atoms with van der Waals surface area (Å²) in [6.45, 7) is 5.74. The molecule has 0 saturated carbocycles. The third-order valence-corrected chi connectivity index (χ3v) is 4.13. The lowest BCUT2D eigenvalue weighted by Gasteiger charge is -2.14. The van der Waals surface area contributed by atoms with E-state index in [0.29, 0.717) is 23.4 Å². The van der Waals surface area contributed by atoms with Crippen LogP contribution in [-0.2, 0) is 6.42 Å². The summed E-state index contributed by atoms with van der Waals surface area (Å²) >= 11 is 0. The van der Waals surface area contributed by atoms with Crippen LogP contribution in [-0.4, -0.2) is 22.1 Å². The Labute approximate surface area is 147 Å². The van der Waals surface area contributed by atoms with E-state index in [2.05, 4.69) is 15.5 Å². The molecule has 25 heavy (non-hydrogen) atoms. The Hall–Kier alpha value is -2.95. The number of carbonyl (C=O) groups excluding carboxylic acids is 1. The molecule has 0 bridgehead atoms. The largest absolute Gasteiger partial charge is 0.360 e. The summed E-state index contributed by atoms with van der Waals surface area (Å²) in [5, 5.41) is 7.09. The first-order valence-electron chi connectivity index (χ1n) is 8.29. The molecule has 0 fully saturated rings. The molecule has 1 atom stereocenters. The summed E-state index contributed by atoms with van der Waals surface area (Å²) in [4.78, 5) is 17.2. The molecule has 0 aliphatic carbocycles. The lowest BCUT2D eigenvalue weighted by atomic mass is 10.0. The van der Waals surface area contributed by atoms with E-state index in [4.69, 9.17) is 4.52 Å². The number of benzene rings is 1. The Morgan fingerprint density at radius 2 is 1.92 bits per heavy atom. The summed E-state index contributed by atoms with van der Waals surface area (Å²) in [7, 11) is 0. The fourth-order valence-electron chi connectivity index (χ4n) is 2.80. The molecule has 0 unspecified atom stereocenters. The first-order valence-corrected chi connectivity index (χ1v) is 8.29. The highest BCUT2D eigenvalue weighted by Gasteiger charge is 2.22. The molecular formula is C20H21N3O2. The van der Waals surface area contributed by atoms with Gasteiger partial charge in [0, 0.05) is 29.9 Å². The fourth-order valence-corrected chi connectivity index (χ4v) is 2.80. The van der Waals surface area contributed by atoms with Crippen molar-refractivity contribution in [1.82, 2.24) is 15.5 Å². The van der Waals surface area contributed by atoms with E-state index in [1.807, 2.05) is 56.3 Å². The Morgan fingerprint density at radius 1 is 1.16 bits per heavy atom. The van der Waals surface area contributed by atoms with Crippen LogP contribution in [0.15, 0.2) is 53.2 Å². The molecule has 5 heteroatoms. The number of nitrogens with zero attached hydrogens (tertiary/aromatic N) is 2. The molecule has 0 saturated heterocycles. The van der Waals surface area contributed by atoms with Crippen molar-refractivity contribution in [3.8, 4) is 11.3 Å². The lowest BCUT2D eigenvalue weighted by Crippen LogP contribution is -2.34. The summed E-state index contributed by atoms with van der Waals surface area (Å²) in [6.07, 6.45) is 2.44. The normalized spacial score (nSPS) is 12.0. The number of amides is 1. The van der Waals surface area contributed by atoms with Gasteiger partial charge in [-0.15, -0.1) is 0 Å². The summed E-state index contributed by atoms with van der Waals surface area (Å²) in [5.74, 6) is 0.330. The minimum atomic E-state index is -0.182. The van der Waals surface area contributed by atoms with Crippen LogP contribution in [0.5, 0.6) is 0 Å². The highest BCUT2D eigenvalue weighted by atomic mass is 16.5. The van der Waals surface area contributed by atoms with Crippen LogP contribution in [0.1, 0.15) is 34.3 Å². The predicted octanol–water partition coefficient (Wildman–Crippen LogP) is 3.71. The van der Waals surface area contributed by atoms with Gasteiger partial charge in [-0.3, -0.25) is 9.78 Å². The average Bonchev–Trinajstić information content (AvgIpc) is 2.99. The molecule has 0 radical (unpaired) electrons. The topological polar surface area (TPSA) is 68.0 Å². The number of aromatic nitrogens is 2. The maximum atomic E-state index is 12.8. The van der Waals surface area contributed by atoms with Crippen molar-refractivity contribution < 1.29 is 9.32 Å². The van der Waals surface area contributed by atoms with Crippen LogP contribution in [0.4, 0.5) is 0 Å². The van der Waals surface area contributed by atoms with Gasteiger partial charge in [0.25, 0.3) is 5.91 Å². The third-order valence-electron chi connectivity index (χ3n) is 4.13. The highest BCUT2D eigenvalue weighted by molar-refractivity contribution is 6.00. The predicted molar refractivity (Wildman–Crippen MR) is 96.3 cm³/mol. The van der Waals surface area contributed by atoms with Crippen LogP contribution < -0.4 is 5.32 Å². The molecule has 0 aliphatic heterocycles. The second-order valence-corrected chi connectivity index (χ2v) is 6.17. The standard InChI is InChI=1S/C20H21N3O2/c1-13-8-7-11-21-17(13)12-14(2)22-20(24)18-15(3)25-23-19(18)16-9-5-4-6-10-16/h4-11,14H,12H2,1-3H3,(H,22,24)/t14-/m0/s1.